The Morgan fingerprint density at radius 2 is 2.10 bits per heavy atom. The van der Waals surface area contributed by atoms with E-state index in [-0.39, 0.29) is 0 Å². The Bertz CT molecular complexity index is 406. The quantitative estimate of drug-likeness (QED) is 0.836. The molecule has 1 heterocycles. The topological polar surface area (TPSA) is 33.7 Å². The van der Waals surface area contributed by atoms with Gasteiger partial charge >= 0.3 is 0 Å². The molecule has 1 aliphatic heterocycles. The van der Waals surface area contributed by atoms with Crippen molar-refractivity contribution in [3.63, 3.8) is 0 Å². The molecule has 1 fully saturated rings. The first-order valence-electron chi connectivity index (χ1n) is 7.92. The maximum Gasteiger partial charge on any atom is 0.119 e. The summed E-state index contributed by atoms with van der Waals surface area (Å²) in [6.45, 7) is 11.8. The predicted octanol–water partition coefficient (Wildman–Crippen LogP) is 2.28. The number of nitrogens with one attached hydrogen (secondary N) is 1. The predicted molar refractivity (Wildman–Crippen MR) is 85.8 cm³/mol. The number of rotatable bonds is 7. The second-order valence-electron chi connectivity index (χ2n) is 5.99. The van der Waals surface area contributed by atoms with Crippen LogP contribution in [-0.4, -0.2) is 49.9 Å². The lowest BCUT2D eigenvalue weighted by Crippen LogP contribution is -2.45. The van der Waals surface area contributed by atoms with Crippen molar-refractivity contribution in [1.82, 2.24) is 10.2 Å². The zero-order valence-electron chi connectivity index (χ0n) is 13.5. The Morgan fingerprint density at radius 3 is 2.76 bits per heavy atom. The van der Waals surface area contributed by atoms with Crippen LogP contribution < -0.4 is 10.1 Å². The third-order valence-corrected chi connectivity index (χ3v) is 3.79. The van der Waals surface area contributed by atoms with Gasteiger partial charge in [-0.25, -0.2) is 0 Å². The molecule has 1 unspecified atom stereocenters. The molecule has 0 spiro atoms. The van der Waals surface area contributed by atoms with Crippen LogP contribution in [0.2, 0.25) is 0 Å². The van der Waals surface area contributed by atoms with Crippen LogP contribution in [0.5, 0.6) is 5.75 Å². The molecule has 118 valence electrons. The number of nitrogens with zero attached hydrogens (tertiary/aromatic N) is 1. The van der Waals surface area contributed by atoms with E-state index in [0.29, 0.717) is 12.1 Å². The van der Waals surface area contributed by atoms with E-state index in [2.05, 4.69) is 55.3 Å². The molecular formula is C17H28N2O2. The zero-order valence-corrected chi connectivity index (χ0v) is 13.5. The number of hydrogen-bond donors (Lipinski definition) is 1. The number of morpholine rings is 1. The average molecular weight is 292 g/mol. The van der Waals surface area contributed by atoms with Gasteiger partial charge in [0.1, 0.15) is 12.4 Å². The van der Waals surface area contributed by atoms with Gasteiger partial charge in [-0.2, -0.15) is 0 Å². The van der Waals surface area contributed by atoms with Gasteiger partial charge in [-0.05, 0) is 24.6 Å². The van der Waals surface area contributed by atoms with Crippen molar-refractivity contribution >= 4 is 0 Å². The van der Waals surface area contributed by atoms with Crippen molar-refractivity contribution in [3.05, 3.63) is 29.8 Å². The molecule has 0 bridgehead atoms. The standard InChI is InChI=1S/C17H28N2O2/c1-14(2)18-12-16-4-6-17(7-5-16)21-11-9-19-8-10-20-13-15(19)3/h4-7,14-15,18H,8-13H2,1-3H3. The summed E-state index contributed by atoms with van der Waals surface area (Å²) in [6, 6.07) is 9.37. The van der Waals surface area contributed by atoms with Crippen molar-refractivity contribution in [1.29, 1.82) is 0 Å². The lowest BCUT2D eigenvalue weighted by atomic mass is 10.2. The van der Waals surface area contributed by atoms with Crippen molar-refractivity contribution in [3.8, 4) is 5.75 Å². The molecule has 4 nitrogen and oxygen atoms in total. The van der Waals surface area contributed by atoms with Crippen molar-refractivity contribution < 1.29 is 9.47 Å². The lowest BCUT2D eigenvalue weighted by Gasteiger charge is -2.32. The first kappa shape index (κ1) is 16.3. The molecule has 0 amide bonds. The Labute approximate surface area is 128 Å². The highest BCUT2D eigenvalue weighted by Crippen LogP contribution is 2.13. The number of ether oxygens (including phenoxy) is 2. The van der Waals surface area contributed by atoms with Crippen molar-refractivity contribution in [2.24, 2.45) is 0 Å². The Hall–Kier alpha value is -1.10. The van der Waals surface area contributed by atoms with Gasteiger partial charge in [0.25, 0.3) is 0 Å². The summed E-state index contributed by atoms with van der Waals surface area (Å²) in [5.74, 6) is 0.948. The average Bonchev–Trinajstić information content (AvgIpc) is 2.48. The number of benzene rings is 1. The van der Waals surface area contributed by atoms with Crippen LogP contribution in [0.15, 0.2) is 24.3 Å². The highest BCUT2D eigenvalue weighted by Gasteiger charge is 2.17. The number of hydrogen-bond acceptors (Lipinski definition) is 4. The third-order valence-electron chi connectivity index (χ3n) is 3.79. The molecular weight excluding hydrogens is 264 g/mol. The van der Waals surface area contributed by atoms with Crippen LogP contribution in [0, 0.1) is 0 Å². The summed E-state index contributed by atoms with van der Waals surface area (Å²) in [5, 5.41) is 3.41. The molecule has 0 radical (unpaired) electrons. The van der Waals surface area contributed by atoms with Gasteiger partial charge in [-0.15, -0.1) is 0 Å². The fraction of sp³-hybridized carbons (Fsp3) is 0.647. The van der Waals surface area contributed by atoms with Crippen LogP contribution in [0.25, 0.3) is 0 Å². The smallest absolute Gasteiger partial charge is 0.119 e. The molecule has 1 aromatic rings. The fourth-order valence-electron chi connectivity index (χ4n) is 2.40. The molecule has 0 saturated carbocycles. The van der Waals surface area contributed by atoms with E-state index in [4.69, 9.17) is 9.47 Å². The third kappa shape index (κ3) is 5.65. The van der Waals surface area contributed by atoms with Crippen molar-refractivity contribution in [2.45, 2.75) is 39.4 Å². The molecule has 21 heavy (non-hydrogen) atoms. The van der Waals surface area contributed by atoms with Crippen LogP contribution >= 0.6 is 0 Å². The summed E-state index contributed by atoms with van der Waals surface area (Å²) in [7, 11) is 0. The monoisotopic (exact) mass is 292 g/mol. The van der Waals surface area contributed by atoms with Gasteiger partial charge in [-0.1, -0.05) is 26.0 Å². The van der Waals surface area contributed by atoms with Crippen LogP contribution in [0.1, 0.15) is 26.3 Å². The minimum Gasteiger partial charge on any atom is -0.492 e. The van der Waals surface area contributed by atoms with Gasteiger partial charge in [0.2, 0.25) is 0 Å². The summed E-state index contributed by atoms with van der Waals surface area (Å²) in [5.41, 5.74) is 1.29. The first-order valence-corrected chi connectivity index (χ1v) is 7.92. The second-order valence-corrected chi connectivity index (χ2v) is 5.99. The van der Waals surface area contributed by atoms with Gasteiger partial charge in [0, 0.05) is 31.7 Å². The van der Waals surface area contributed by atoms with Gasteiger partial charge in [-0.3, -0.25) is 4.90 Å². The highest BCUT2D eigenvalue weighted by molar-refractivity contribution is 5.27. The fourth-order valence-corrected chi connectivity index (χ4v) is 2.40. The van der Waals surface area contributed by atoms with E-state index < -0.39 is 0 Å². The first-order chi connectivity index (χ1) is 10.1. The van der Waals surface area contributed by atoms with E-state index in [1.54, 1.807) is 0 Å². The molecule has 0 aromatic heterocycles. The molecule has 1 saturated heterocycles. The Balaban J connectivity index is 1.70. The van der Waals surface area contributed by atoms with Crippen molar-refractivity contribution in [2.75, 3.05) is 32.9 Å². The van der Waals surface area contributed by atoms with Crippen LogP contribution in [-0.2, 0) is 11.3 Å². The van der Waals surface area contributed by atoms with E-state index in [1.807, 2.05) is 0 Å². The molecule has 1 aliphatic rings. The van der Waals surface area contributed by atoms with Crippen LogP contribution in [0.4, 0.5) is 0 Å². The molecule has 1 aromatic carbocycles. The maximum absolute atomic E-state index is 5.83. The summed E-state index contributed by atoms with van der Waals surface area (Å²) >= 11 is 0. The minimum absolute atomic E-state index is 0.492. The van der Waals surface area contributed by atoms with Gasteiger partial charge in [0.15, 0.2) is 0 Å². The second kappa shape index (κ2) is 8.37. The van der Waals surface area contributed by atoms with E-state index in [1.165, 1.54) is 5.56 Å². The molecule has 0 aliphatic carbocycles. The summed E-state index contributed by atoms with van der Waals surface area (Å²) in [4.78, 5) is 2.42. The lowest BCUT2D eigenvalue weighted by molar-refractivity contribution is -0.00514. The summed E-state index contributed by atoms with van der Waals surface area (Å²) < 4.78 is 11.3. The Morgan fingerprint density at radius 1 is 1.33 bits per heavy atom. The summed E-state index contributed by atoms with van der Waals surface area (Å²) in [6.07, 6.45) is 0. The molecule has 4 heteroatoms. The van der Waals surface area contributed by atoms with E-state index >= 15 is 0 Å². The minimum atomic E-state index is 0.492. The molecule has 1 atom stereocenters. The van der Waals surface area contributed by atoms with Gasteiger partial charge < -0.3 is 14.8 Å². The van der Waals surface area contributed by atoms with Crippen LogP contribution in [0.3, 0.4) is 0 Å². The Kier molecular flexibility index (Phi) is 6.49. The van der Waals surface area contributed by atoms with E-state index in [9.17, 15) is 0 Å². The largest absolute Gasteiger partial charge is 0.492 e. The zero-order chi connectivity index (χ0) is 15.1. The molecule has 2 rings (SSSR count). The SMILES string of the molecule is CC(C)NCc1ccc(OCCN2CCOCC2C)cc1. The maximum atomic E-state index is 5.83. The van der Waals surface area contributed by atoms with Gasteiger partial charge in [0.05, 0.1) is 13.2 Å². The highest BCUT2D eigenvalue weighted by atomic mass is 16.5. The normalized spacial score (nSPS) is 19.9. The van der Waals surface area contributed by atoms with E-state index in [0.717, 1.165) is 45.2 Å². The molecule has 1 N–H and O–H groups in total.